The topological polar surface area (TPSA) is 34.4 Å². The first-order valence-corrected chi connectivity index (χ1v) is 7.18. The number of aryl methyl sites for hydroxylation is 2. The maximum absolute atomic E-state index is 5.94. The fourth-order valence-electron chi connectivity index (χ4n) is 2.87. The van der Waals surface area contributed by atoms with Gasteiger partial charge >= 0.3 is 0 Å². The molecule has 3 nitrogen and oxygen atoms in total. The van der Waals surface area contributed by atoms with Gasteiger partial charge in [-0.3, -0.25) is 0 Å². The number of para-hydroxylation sites is 1. The van der Waals surface area contributed by atoms with Crippen molar-refractivity contribution in [1.29, 1.82) is 0 Å². The summed E-state index contributed by atoms with van der Waals surface area (Å²) in [6, 6.07) is 10.7. The third-order valence-electron chi connectivity index (χ3n) is 3.91. The normalized spacial score (nSPS) is 18.6. The van der Waals surface area contributed by atoms with Crippen LogP contribution >= 0.6 is 0 Å². The van der Waals surface area contributed by atoms with Crippen molar-refractivity contribution in [1.82, 2.24) is 5.32 Å². The summed E-state index contributed by atoms with van der Waals surface area (Å²) in [5, 5.41) is 3.54. The highest BCUT2D eigenvalue weighted by Gasteiger charge is 2.23. The van der Waals surface area contributed by atoms with Crippen molar-refractivity contribution in [2.45, 2.75) is 39.3 Å². The maximum Gasteiger partial charge on any atom is 0.123 e. The van der Waals surface area contributed by atoms with E-state index in [4.69, 9.17) is 9.15 Å². The average molecular weight is 271 g/mol. The first-order valence-electron chi connectivity index (χ1n) is 7.18. The molecule has 0 fully saturated rings. The van der Waals surface area contributed by atoms with E-state index in [-0.39, 0.29) is 12.1 Å². The predicted molar refractivity (Wildman–Crippen MR) is 79.2 cm³/mol. The Morgan fingerprint density at radius 2 is 2.10 bits per heavy atom. The largest absolute Gasteiger partial charge is 0.488 e. The fraction of sp³-hybridized carbons (Fsp3) is 0.412. The zero-order chi connectivity index (χ0) is 14.1. The van der Waals surface area contributed by atoms with E-state index in [1.807, 2.05) is 26.0 Å². The summed E-state index contributed by atoms with van der Waals surface area (Å²) in [4.78, 5) is 0. The fourth-order valence-corrected chi connectivity index (χ4v) is 2.87. The van der Waals surface area contributed by atoms with Crippen molar-refractivity contribution in [3.8, 4) is 5.75 Å². The van der Waals surface area contributed by atoms with Crippen LogP contribution < -0.4 is 10.1 Å². The van der Waals surface area contributed by atoms with E-state index < -0.39 is 0 Å². The van der Waals surface area contributed by atoms with Crippen LogP contribution in [0, 0.1) is 13.8 Å². The Morgan fingerprint density at radius 1 is 1.30 bits per heavy atom. The van der Waals surface area contributed by atoms with Crippen LogP contribution in [0.3, 0.4) is 0 Å². The van der Waals surface area contributed by atoms with Gasteiger partial charge in [0, 0.05) is 24.6 Å². The summed E-state index contributed by atoms with van der Waals surface area (Å²) in [5.41, 5.74) is 2.54. The monoisotopic (exact) mass is 271 g/mol. The Morgan fingerprint density at radius 3 is 2.80 bits per heavy atom. The molecule has 1 aliphatic rings. The molecule has 1 aliphatic heterocycles. The highest BCUT2D eigenvalue weighted by atomic mass is 16.5. The van der Waals surface area contributed by atoms with Crippen LogP contribution in [-0.4, -0.2) is 12.6 Å². The molecule has 0 radical (unpaired) electrons. The lowest BCUT2D eigenvalue weighted by molar-refractivity contribution is 0.222. The molecule has 1 aromatic heterocycles. The molecule has 0 saturated heterocycles. The Hall–Kier alpha value is -1.74. The molecule has 0 saturated carbocycles. The number of benzene rings is 1. The van der Waals surface area contributed by atoms with Gasteiger partial charge in [0.05, 0.1) is 0 Å². The van der Waals surface area contributed by atoms with Crippen molar-refractivity contribution in [3.63, 3.8) is 0 Å². The van der Waals surface area contributed by atoms with E-state index in [2.05, 4.69) is 30.4 Å². The van der Waals surface area contributed by atoms with Gasteiger partial charge in [0.1, 0.15) is 23.4 Å². The van der Waals surface area contributed by atoms with E-state index in [0.29, 0.717) is 0 Å². The van der Waals surface area contributed by atoms with E-state index in [1.165, 1.54) is 11.1 Å². The van der Waals surface area contributed by atoms with Crippen molar-refractivity contribution in [2.75, 3.05) is 6.54 Å². The van der Waals surface area contributed by atoms with Gasteiger partial charge in [0.15, 0.2) is 0 Å². The second-order valence-electron chi connectivity index (χ2n) is 5.55. The summed E-state index contributed by atoms with van der Waals surface area (Å²) in [6.45, 7) is 7.02. The molecule has 2 heterocycles. The van der Waals surface area contributed by atoms with Crippen LogP contribution in [0.4, 0.5) is 0 Å². The van der Waals surface area contributed by atoms with Crippen LogP contribution in [-0.2, 0) is 6.42 Å². The zero-order valence-corrected chi connectivity index (χ0v) is 12.3. The molecule has 1 N–H and O–H groups in total. The van der Waals surface area contributed by atoms with Crippen molar-refractivity contribution in [2.24, 2.45) is 0 Å². The lowest BCUT2D eigenvalue weighted by Gasteiger charge is -2.17. The Bertz CT molecular complexity index is 578. The molecule has 2 unspecified atom stereocenters. The Balaban J connectivity index is 1.57. The van der Waals surface area contributed by atoms with E-state index in [9.17, 15) is 0 Å². The molecule has 0 aliphatic carbocycles. The quantitative estimate of drug-likeness (QED) is 0.923. The van der Waals surface area contributed by atoms with Gasteiger partial charge in [-0.2, -0.15) is 0 Å². The molecule has 2 atom stereocenters. The molecule has 0 amide bonds. The average Bonchev–Trinajstić information content (AvgIpc) is 2.98. The van der Waals surface area contributed by atoms with Crippen molar-refractivity contribution in [3.05, 3.63) is 53.0 Å². The summed E-state index contributed by atoms with van der Waals surface area (Å²) in [6.07, 6.45) is 1.21. The predicted octanol–water partition coefficient (Wildman–Crippen LogP) is 3.55. The molecule has 3 rings (SSSR count). The van der Waals surface area contributed by atoms with Gasteiger partial charge in [-0.05, 0) is 38.5 Å². The number of fused-ring (bicyclic) bond motifs is 1. The maximum atomic E-state index is 5.94. The number of nitrogens with one attached hydrogen (secondary N) is 1. The van der Waals surface area contributed by atoms with Crippen LogP contribution in [0.2, 0.25) is 0 Å². The number of hydrogen-bond acceptors (Lipinski definition) is 3. The second kappa shape index (κ2) is 5.33. The number of rotatable bonds is 4. The highest BCUT2D eigenvalue weighted by molar-refractivity contribution is 5.37. The van der Waals surface area contributed by atoms with E-state index in [1.54, 1.807) is 0 Å². The van der Waals surface area contributed by atoms with Gasteiger partial charge in [0.25, 0.3) is 0 Å². The van der Waals surface area contributed by atoms with E-state index >= 15 is 0 Å². The molecule has 1 aromatic carbocycles. The van der Waals surface area contributed by atoms with Gasteiger partial charge in [-0.25, -0.2) is 0 Å². The minimum Gasteiger partial charge on any atom is -0.488 e. The SMILES string of the molecule is Cc1cc(C(C)NCC2Cc3ccccc3O2)c(C)o1. The molecular formula is C17H21NO2. The highest BCUT2D eigenvalue weighted by Crippen LogP contribution is 2.28. The molecular weight excluding hydrogens is 250 g/mol. The summed E-state index contributed by atoms with van der Waals surface area (Å²) >= 11 is 0. The minimum atomic E-state index is 0.225. The number of hydrogen-bond donors (Lipinski definition) is 1. The molecule has 2 aromatic rings. The van der Waals surface area contributed by atoms with Crippen LogP contribution in [0.25, 0.3) is 0 Å². The lowest BCUT2D eigenvalue weighted by Crippen LogP contribution is -2.32. The number of furan rings is 1. The van der Waals surface area contributed by atoms with Crippen LogP contribution in [0.5, 0.6) is 5.75 Å². The lowest BCUT2D eigenvalue weighted by atomic mass is 10.1. The summed E-state index contributed by atoms with van der Waals surface area (Å²) < 4.78 is 11.5. The molecule has 106 valence electrons. The second-order valence-corrected chi connectivity index (χ2v) is 5.55. The summed E-state index contributed by atoms with van der Waals surface area (Å²) in [7, 11) is 0. The molecule has 0 bridgehead atoms. The number of ether oxygens (including phenoxy) is 1. The smallest absolute Gasteiger partial charge is 0.123 e. The van der Waals surface area contributed by atoms with Crippen LogP contribution in [0.1, 0.15) is 35.6 Å². The van der Waals surface area contributed by atoms with Gasteiger partial charge < -0.3 is 14.5 Å². The third kappa shape index (κ3) is 2.59. The Labute approximate surface area is 119 Å². The third-order valence-corrected chi connectivity index (χ3v) is 3.91. The molecule has 0 spiro atoms. The van der Waals surface area contributed by atoms with Gasteiger partial charge in [0.2, 0.25) is 0 Å². The first kappa shape index (κ1) is 13.3. The summed E-state index contributed by atoms with van der Waals surface area (Å²) in [5.74, 6) is 3.00. The zero-order valence-electron chi connectivity index (χ0n) is 12.3. The van der Waals surface area contributed by atoms with Gasteiger partial charge in [-0.1, -0.05) is 18.2 Å². The van der Waals surface area contributed by atoms with Crippen molar-refractivity contribution >= 4 is 0 Å². The molecule has 3 heteroatoms. The van der Waals surface area contributed by atoms with Crippen LogP contribution in [0.15, 0.2) is 34.7 Å². The Kier molecular flexibility index (Phi) is 3.53. The van der Waals surface area contributed by atoms with E-state index in [0.717, 1.165) is 30.2 Å². The molecule has 20 heavy (non-hydrogen) atoms. The van der Waals surface area contributed by atoms with Crippen molar-refractivity contribution < 1.29 is 9.15 Å². The minimum absolute atomic E-state index is 0.225. The standard InChI is InChI=1S/C17H21NO2/c1-11-8-16(13(3)19-11)12(2)18-10-15-9-14-6-4-5-7-17(14)20-15/h4-8,12,15,18H,9-10H2,1-3H3. The first-order chi connectivity index (χ1) is 9.63. The van der Waals surface area contributed by atoms with Gasteiger partial charge in [-0.15, -0.1) is 0 Å².